The lowest BCUT2D eigenvalue weighted by Crippen LogP contribution is -2.16. The Hall–Kier alpha value is -1.20. The number of esters is 1. The molecular formula is C14H21NO3S. The summed E-state index contributed by atoms with van der Waals surface area (Å²) in [5.41, 5.74) is 7.11. The van der Waals surface area contributed by atoms with Gasteiger partial charge in [-0.05, 0) is 19.9 Å². The highest BCUT2D eigenvalue weighted by molar-refractivity contribution is 7.99. The summed E-state index contributed by atoms with van der Waals surface area (Å²) in [6, 6.07) is 7.58. The Balaban J connectivity index is 2.49. The zero-order valence-electron chi connectivity index (χ0n) is 11.4. The second-order valence-corrected chi connectivity index (χ2v) is 4.93. The average molecular weight is 283 g/mol. The molecule has 0 heterocycles. The molecule has 2 N–H and O–H groups in total. The van der Waals surface area contributed by atoms with Gasteiger partial charge in [-0.2, -0.15) is 0 Å². The fraction of sp³-hybridized carbons (Fsp3) is 0.500. The van der Waals surface area contributed by atoms with Crippen LogP contribution in [-0.2, 0) is 9.53 Å². The Labute approximate surface area is 118 Å². The van der Waals surface area contributed by atoms with Gasteiger partial charge < -0.3 is 15.2 Å². The van der Waals surface area contributed by atoms with Crippen molar-refractivity contribution >= 4 is 17.7 Å². The summed E-state index contributed by atoms with van der Waals surface area (Å²) in [6.07, 6.45) is 0. The third-order valence-corrected chi connectivity index (χ3v) is 3.48. The largest absolute Gasteiger partial charge is 0.494 e. The maximum Gasteiger partial charge on any atom is 0.315 e. The SMILES string of the molecule is CCOC(=O)CSCC(N)c1ccccc1OCC. The third-order valence-electron chi connectivity index (χ3n) is 2.44. The van der Waals surface area contributed by atoms with E-state index in [2.05, 4.69) is 0 Å². The minimum atomic E-state index is -0.196. The standard InChI is InChI=1S/C14H21NO3S/c1-3-17-13-8-6-5-7-11(13)12(15)9-19-10-14(16)18-4-2/h5-8,12H,3-4,9-10,15H2,1-2H3. The minimum absolute atomic E-state index is 0.151. The first-order valence-corrected chi connectivity index (χ1v) is 7.55. The molecule has 0 bridgehead atoms. The summed E-state index contributed by atoms with van der Waals surface area (Å²) in [5.74, 6) is 1.60. The second-order valence-electron chi connectivity index (χ2n) is 3.90. The van der Waals surface area contributed by atoms with Crippen LogP contribution in [0.2, 0.25) is 0 Å². The van der Waals surface area contributed by atoms with Crippen molar-refractivity contribution in [3.05, 3.63) is 29.8 Å². The molecular weight excluding hydrogens is 262 g/mol. The van der Waals surface area contributed by atoms with Crippen LogP contribution in [0.3, 0.4) is 0 Å². The summed E-state index contributed by atoms with van der Waals surface area (Å²) in [4.78, 5) is 11.2. The van der Waals surface area contributed by atoms with Gasteiger partial charge in [-0.15, -0.1) is 11.8 Å². The van der Waals surface area contributed by atoms with Crippen molar-refractivity contribution in [2.24, 2.45) is 5.73 Å². The van der Waals surface area contributed by atoms with Crippen molar-refractivity contribution in [2.75, 3.05) is 24.7 Å². The van der Waals surface area contributed by atoms with Gasteiger partial charge in [-0.25, -0.2) is 0 Å². The summed E-state index contributed by atoms with van der Waals surface area (Å²) >= 11 is 1.48. The Kier molecular flexibility index (Phi) is 7.36. The molecule has 0 aliphatic heterocycles. The molecule has 1 unspecified atom stereocenters. The number of hydrogen-bond acceptors (Lipinski definition) is 5. The van der Waals surface area contributed by atoms with Crippen molar-refractivity contribution in [3.8, 4) is 5.75 Å². The number of benzene rings is 1. The molecule has 0 saturated heterocycles. The molecule has 1 aromatic rings. The van der Waals surface area contributed by atoms with Gasteiger partial charge in [0.15, 0.2) is 0 Å². The second kappa shape index (κ2) is 8.82. The van der Waals surface area contributed by atoms with Crippen LogP contribution >= 0.6 is 11.8 Å². The predicted molar refractivity (Wildman–Crippen MR) is 78.5 cm³/mol. The predicted octanol–water partition coefficient (Wildman–Crippen LogP) is 2.38. The maximum atomic E-state index is 11.2. The van der Waals surface area contributed by atoms with Gasteiger partial charge in [0.1, 0.15) is 5.75 Å². The number of para-hydroxylation sites is 1. The van der Waals surface area contributed by atoms with Crippen LogP contribution in [0.5, 0.6) is 5.75 Å². The third kappa shape index (κ3) is 5.53. The van der Waals surface area contributed by atoms with Crippen LogP contribution in [0.25, 0.3) is 0 Å². The first kappa shape index (κ1) is 15.9. The number of rotatable bonds is 8. The van der Waals surface area contributed by atoms with E-state index in [1.807, 2.05) is 31.2 Å². The van der Waals surface area contributed by atoms with Crippen LogP contribution in [0, 0.1) is 0 Å². The van der Waals surface area contributed by atoms with Gasteiger partial charge >= 0.3 is 5.97 Å². The number of nitrogens with two attached hydrogens (primary N) is 1. The monoisotopic (exact) mass is 283 g/mol. The number of hydrogen-bond donors (Lipinski definition) is 1. The van der Waals surface area contributed by atoms with Crippen molar-refractivity contribution in [1.29, 1.82) is 0 Å². The molecule has 19 heavy (non-hydrogen) atoms. The highest BCUT2D eigenvalue weighted by Gasteiger charge is 2.12. The number of thioether (sulfide) groups is 1. The molecule has 106 valence electrons. The van der Waals surface area contributed by atoms with E-state index in [1.54, 1.807) is 6.92 Å². The van der Waals surface area contributed by atoms with Gasteiger partial charge in [-0.1, -0.05) is 18.2 Å². The number of carbonyl (C=O) groups excluding carboxylic acids is 1. The Bertz CT molecular complexity index is 398. The zero-order valence-corrected chi connectivity index (χ0v) is 12.2. The zero-order chi connectivity index (χ0) is 14.1. The first-order valence-electron chi connectivity index (χ1n) is 6.39. The molecule has 0 saturated carbocycles. The number of ether oxygens (including phenoxy) is 2. The van der Waals surface area contributed by atoms with Gasteiger partial charge in [0.05, 0.1) is 19.0 Å². The van der Waals surface area contributed by atoms with E-state index in [-0.39, 0.29) is 12.0 Å². The Morgan fingerprint density at radius 2 is 2.05 bits per heavy atom. The van der Waals surface area contributed by atoms with Crippen molar-refractivity contribution in [3.63, 3.8) is 0 Å². The van der Waals surface area contributed by atoms with E-state index in [0.717, 1.165) is 11.3 Å². The Morgan fingerprint density at radius 3 is 2.74 bits per heavy atom. The lowest BCUT2D eigenvalue weighted by Gasteiger charge is -2.16. The van der Waals surface area contributed by atoms with Crippen LogP contribution < -0.4 is 10.5 Å². The topological polar surface area (TPSA) is 61.5 Å². The molecule has 0 aliphatic rings. The van der Waals surface area contributed by atoms with Crippen molar-refractivity contribution < 1.29 is 14.3 Å². The van der Waals surface area contributed by atoms with Gasteiger partial charge in [0.2, 0.25) is 0 Å². The summed E-state index contributed by atoms with van der Waals surface area (Å²) in [5, 5.41) is 0. The fourth-order valence-corrected chi connectivity index (χ4v) is 2.44. The molecule has 0 spiro atoms. The fourth-order valence-electron chi connectivity index (χ4n) is 1.64. The normalized spacial score (nSPS) is 11.9. The van der Waals surface area contributed by atoms with Gasteiger partial charge in [-0.3, -0.25) is 4.79 Å². The van der Waals surface area contributed by atoms with E-state index in [0.29, 0.717) is 24.7 Å². The highest BCUT2D eigenvalue weighted by atomic mass is 32.2. The molecule has 0 amide bonds. The lowest BCUT2D eigenvalue weighted by molar-refractivity contribution is -0.139. The molecule has 0 fully saturated rings. The van der Waals surface area contributed by atoms with E-state index in [1.165, 1.54) is 11.8 Å². The maximum absolute atomic E-state index is 11.2. The van der Waals surface area contributed by atoms with Crippen LogP contribution in [-0.4, -0.2) is 30.7 Å². The molecule has 0 aliphatic carbocycles. The minimum Gasteiger partial charge on any atom is -0.494 e. The van der Waals surface area contributed by atoms with E-state index in [9.17, 15) is 4.79 Å². The van der Waals surface area contributed by atoms with E-state index >= 15 is 0 Å². The molecule has 4 nitrogen and oxygen atoms in total. The molecule has 0 aromatic heterocycles. The summed E-state index contributed by atoms with van der Waals surface area (Å²) in [7, 11) is 0. The van der Waals surface area contributed by atoms with Crippen LogP contribution in [0.15, 0.2) is 24.3 Å². The van der Waals surface area contributed by atoms with E-state index in [4.69, 9.17) is 15.2 Å². The van der Waals surface area contributed by atoms with Crippen LogP contribution in [0.4, 0.5) is 0 Å². The van der Waals surface area contributed by atoms with E-state index < -0.39 is 0 Å². The van der Waals surface area contributed by atoms with Crippen LogP contribution in [0.1, 0.15) is 25.5 Å². The van der Waals surface area contributed by atoms with Gasteiger partial charge in [0.25, 0.3) is 0 Å². The van der Waals surface area contributed by atoms with Crippen molar-refractivity contribution in [1.82, 2.24) is 0 Å². The van der Waals surface area contributed by atoms with Crippen molar-refractivity contribution in [2.45, 2.75) is 19.9 Å². The molecule has 1 rings (SSSR count). The molecule has 0 radical (unpaired) electrons. The Morgan fingerprint density at radius 1 is 1.32 bits per heavy atom. The number of carbonyl (C=O) groups is 1. The molecule has 5 heteroatoms. The van der Waals surface area contributed by atoms with Gasteiger partial charge in [0, 0.05) is 17.4 Å². The molecule has 1 aromatic carbocycles. The highest BCUT2D eigenvalue weighted by Crippen LogP contribution is 2.25. The average Bonchev–Trinajstić information content (AvgIpc) is 2.40. The quantitative estimate of drug-likeness (QED) is 0.742. The lowest BCUT2D eigenvalue weighted by atomic mass is 10.1. The first-order chi connectivity index (χ1) is 9.19. The smallest absolute Gasteiger partial charge is 0.315 e. The summed E-state index contributed by atoms with van der Waals surface area (Å²) < 4.78 is 10.4. The molecule has 1 atom stereocenters. The summed E-state index contributed by atoms with van der Waals surface area (Å²) in [6.45, 7) is 4.77.